The first-order valence-corrected chi connectivity index (χ1v) is 16.1. The van der Waals surface area contributed by atoms with Crippen LogP contribution in [0.25, 0.3) is 0 Å². The van der Waals surface area contributed by atoms with E-state index < -0.39 is 12.3 Å². The Morgan fingerprint density at radius 2 is 0.812 bits per heavy atom. The molecule has 1 aliphatic rings. The molecule has 18 heteroatoms. The minimum Gasteiger partial charge on any atom is -0.435 e. The largest absolute Gasteiger partial charge is 0.508 e. The summed E-state index contributed by atoms with van der Waals surface area (Å²) in [6.07, 6.45) is 1.47. The first-order valence-electron chi connectivity index (χ1n) is 16.1. The van der Waals surface area contributed by atoms with E-state index in [4.69, 9.17) is 53.3 Å². The summed E-state index contributed by atoms with van der Waals surface area (Å²) < 4.78 is 19.7. The van der Waals surface area contributed by atoms with Gasteiger partial charge in [-0.3, -0.25) is 0 Å². The van der Waals surface area contributed by atoms with Crippen LogP contribution in [-0.4, -0.2) is 78.0 Å². The molecule has 3 rings (SSSR count). The number of nitrogens with one attached hydrogen (secondary N) is 6. The van der Waals surface area contributed by atoms with E-state index in [9.17, 15) is 9.59 Å². The zero-order valence-electron chi connectivity index (χ0n) is 27.8. The second-order valence-corrected chi connectivity index (χ2v) is 10.8. The van der Waals surface area contributed by atoms with Crippen molar-refractivity contribution in [3.63, 3.8) is 0 Å². The summed E-state index contributed by atoms with van der Waals surface area (Å²) in [5.74, 6) is 0. The second-order valence-electron chi connectivity index (χ2n) is 10.8. The van der Waals surface area contributed by atoms with Gasteiger partial charge in [0.05, 0.1) is 81.5 Å². The zero-order valence-corrected chi connectivity index (χ0v) is 27.8. The van der Waals surface area contributed by atoms with Gasteiger partial charge in [-0.15, -0.1) is 0 Å². The molecule has 0 saturated carbocycles. The third-order valence-corrected chi connectivity index (χ3v) is 7.42. The first-order chi connectivity index (χ1) is 23.1. The van der Waals surface area contributed by atoms with Crippen LogP contribution in [0.2, 0.25) is 0 Å². The predicted octanol–water partition coefficient (Wildman–Crippen LogP) is 3.27. The summed E-state index contributed by atoms with van der Waals surface area (Å²) >= 11 is 0. The monoisotopic (exact) mass is 676 g/mol. The van der Waals surface area contributed by atoms with Gasteiger partial charge >= 0.3 is 12.3 Å². The van der Waals surface area contributed by atoms with E-state index in [2.05, 4.69) is 31.9 Å². The van der Waals surface area contributed by atoms with Gasteiger partial charge in [-0.05, 0) is 39.5 Å². The molecule has 268 valence electrons. The molecule has 0 radical (unpaired) electrons. The van der Waals surface area contributed by atoms with Crippen LogP contribution in [0.3, 0.4) is 0 Å². The Balaban J connectivity index is 1.76. The Labute approximate surface area is 280 Å². The van der Waals surface area contributed by atoms with Gasteiger partial charge in [0, 0.05) is 39.3 Å². The maximum absolute atomic E-state index is 11.5. The van der Waals surface area contributed by atoms with Crippen molar-refractivity contribution >= 4 is 80.6 Å². The van der Waals surface area contributed by atoms with Crippen molar-refractivity contribution in [2.75, 3.05) is 132 Å². The summed E-state index contributed by atoms with van der Waals surface area (Å²) in [5, 5.41) is 19.8. The fourth-order valence-corrected chi connectivity index (χ4v) is 5.06. The fraction of sp³-hybridized carbons (Fsp3) is 0.533. The summed E-state index contributed by atoms with van der Waals surface area (Å²) in [7, 11) is 0. The third kappa shape index (κ3) is 9.79. The molecule has 0 saturated heterocycles. The number of anilines is 12. The molecular weight excluding hydrogens is 624 g/mol. The second kappa shape index (κ2) is 18.7. The minimum atomic E-state index is -0.749. The van der Waals surface area contributed by atoms with Crippen LogP contribution < -0.4 is 66.3 Å². The van der Waals surface area contributed by atoms with Crippen molar-refractivity contribution < 1.29 is 28.5 Å². The molecule has 0 spiro atoms. The Bertz CT molecular complexity index is 1220. The summed E-state index contributed by atoms with van der Waals surface area (Å²) in [6.45, 7) is 6.66. The van der Waals surface area contributed by atoms with Crippen molar-refractivity contribution in [3.05, 3.63) is 0 Å². The van der Waals surface area contributed by atoms with E-state index in [1.54, 1.807) is 13.8 Å². The number of benzene rings is 2. The Hall–Kier alpha value is -5.42. The molecule has 1 heterocycles. The molecule has 0 atom stereocenters. The van der Waals surface area contributed by atoms with E-state index in [-0.39, 0.29) is 39.5 Å². The van der Waals surface area contributed by atoms with Crippen LogP contribution in [0.15, 0.2) is 0 Å². The van der Waals surface area contributed by atoms with Crippen molar-refractivity contribution in [2.24, 2.45) is 0 Å². The van der Waals surface area contributed by atoms with Gasteiger partial charge in [-0.1, -0.05) is 0 Å². The van der Waals surface area contributed by atoms with Gasteiger partial charge in [-0.25, -0.2) is 9.59 Å². The predicted molar refractivity (Wildman–Crippen MR) is 195 cm³/mol. The average Bonchev–Trinajstić information content (AvgIpc) is 3.05. The highest BCUT2D eigenvalue weighted by Crippen LogP contribution is 2.47. The van der Waals surface area contributed by atoms with Gasteiger partial charge < -0.3 is 85.3 Å². The molecule has 2 aromatic rings. The fourth-order valence-electron chi connectivity index (χ4n) is 5.06. The van der Waals surface area contributed by atoms with Gasteiger partial charge in [0.2, 0.25) is 0 Å². The molecule has 0 aromatic heterocycles. The highest BCUT2D eigenvalue weighted by molar-refractivity contribution is 6.06. The number of carbonyl (C=O) groups excluding carboxylic acids is 2. The minimum absolute atomic E-state index is 0.0523. The summed E-state index contributed by atoms with van der Waals surface area (Å²) in [5.41, 5.74) is 44.7. The lowest BCUT2D eigenvalue weighted by molar-refractivity contribution is 0.0610. The molecule has 0 aliphatic carbocycles. The molecule has 0 amide bonds. The Morgan fingerprint density at radius 3 is 1.08 bits per heavy atom. The molecule has 1 aliphatic heterocycles. The normalized spacial score (nSPS) is 13.5. The van der Waals surface area contributed by atoms with E-state index in [1.165, 1.54) is 0 Å². The number of nitrogens with two attached hydrogens (primary N) is 6. The van der Waals surface area contributed by atoms with Crippen LogP contribution in [0.5, 0.6) is 0 Å². The van der Waals surface area contributed by atoms with Crippen LogP contribution in [0.4, 0.5) is 77.8 Å². The van der Waals surface area contributed by atoms with E-state index in [0.29, 0.717) is 94.4 Å². The highest BCUT2D eigenvalue weighted by atomic mass is 16.7. The van der Waals surface area contributed by atoms with Crippen molar-refractivity contribution in [1.82, 2.24) is 0 Å². The van der Waals surface area contributed by atoms with Gasteiger partial charge in [0.15, 0.2) is 0 Å². The molecule has 18 N–H and O–H groups in total. The van der Waals surface area contributed by atoms with Crippen molar-refractivity contribution in [1.29, 1.82) is 0 Å². The molecule has 48 heavy (non-hydrogen) atoms. The number of fused-ring (bicyclic) bond motifs is 4. The molecule has 0 fully saturated rings. The smallest absolute Gasteiger partial charge is 0.435 e. The number of ether oxygens (including phenoxy) is 4. The third-order valence-electron chi connectivity index (χ3n) is 7.42. The molecule has 0 unspecified atom stereocenters. The van der Waals surface area contributed by atoms with E-state index in [1.807, 2.05) is 0 Å². The van der Waals surface area contributed by atoms with E-state index in [0.717, 1.165) is 25.7 Å². The Kier molecular flexibility index (Phi) is 14.4. The average molecular weight is 677 g/mol. The first kappa shape index (κ1) is 37.0. The summed E-state index contributed by atoms with van der Waals surface area (Å²) in [6, 6.07) is 0. The maximum Gasteiger partial charge on any atom is 0.508 e. The van der Waals surface area contributed by atoms with Crippen LogP contribution in [0, 0.1) is 0 Å². The van der Waals surface area contributed by atoms with Crippen LogP contribution in [0.1, 0.15) is 39.5 Å². The molecule has 2 aromatic carbocycles. The SMILES string of the molecule is CCOC(=O)OCCNc1c(N)c2c(N)c(c1N)NCCCCNc1c(N)c(c(N)c(NCCOC(=O)OCC)c1N)NCCCCN2. The van der Waals surface area contributed by atoms with Gasteiger partial charge in [-0.2, -0.15) is 0 Å². The molecular formula is C30H52N12O6. The number of hydrogen-bond donors (Lipinski definition) is 12. The van der Waals surface area contributed by atoms with Crippen LogP contribution >= 0.6 is 0 Å². The lowest BCUT2D eigenvalue weighted by Gasteiger charge is -2.24. The lowest BCUT2D eigenvalue weighted by Crippen LogP contribution is -2.20. The van der Waals surface area contributed by atoms with Crippen molar-refractivity contribution in [2.45, 2.75) is 39.5 Å². The van der Waals surface area contributed by atoms with Crippen LogP contribution in [-0.2, 0) is 18.9 Å². The van der Waals surface area contributed by atoms with E-state index >= 15 is 0 Å². The lowest BCUT2D eigenvalue weighted by atomic mass is 10.1. The van der Waals surface area contributed by atoms with Gasteiger partial charge in [0.1, 0.15) is 13.2 Å². The Morgan fingerprint density at radius 1 is 0.521 bits per heavy atom. The summed E-state index contributed by atoms with van der Waals surface area (Å²) in [4.78, 5) is 23.1. The zero-order chi connectivity index (χ0) is 35.1. The number of nitrogen functional groups attached to an aromatic ring is 6. The number of hydrogen-bond acceptors (Lipinski definition) is 18. The van der Waals surface area contributed by atoms with Gasteiger partial charge in [0.25, 0.3) is 0 Å². The number of carbonyl (C=O) groups is 2. The maximum atomic E-state index is 11.5. The highest BCUT2D eigenvalue weighted by Gasteiger charge is 2.21. The van der Waals surface area contributed by atoms with Crippen molar-refractivity contribution in [3.8, 4) is 0 Å². The molecule has 4 bridgehead atoms. The quantitative estimate of drug-likeness (QED) is 0.0975. The number of rotatable bonds is 10. The molecule has 18 nitrogen and oxygen atoms in total. The topological polar surface area (TPSA) is 299 Å². The standard InChI is InChI=1S/C30H52N12O6/c1-3-45-29(43)47-15-13-41-27-19(33)23-17(31)24(20(27)34)38-10-6-8-12-40-26-18(32)25(39-11-7-5-9-37-23)21(35)28(22(26)36)42-14-16-48-30(44)46-4-2/h37-42H,3-16,31-36H2,1-2H3.